The van der Waals surface area contributed by atoms with Crippen molar-refractivity contribution >= 4 is 40.5 Å². The number of anilines is 1. The monoisotopic (exact) mass is 449 g/mol. The summed E-state index contributed by atoms with van der Waals surface area (Å²) in [7, 11) is 0. The van der Waals surface area contributed by atoms with E-state index >= 15 is 0 Å². The number of dihydropyridines is 1. The molecule has 1 unspecified atom stereocenters. The lowest BCUT2D eigenvalue weighted by molar-refractivity contribution is -0.116. The molecule has 158 valence electrons. The van der Waals surface area contributed by atoms with Crippen molar-refractivity contribution in [2.75, 3.05) is 11.1 Å². The van der Waals surface area contributed by atoms with Gasteiger partial charge in [-0.15, -0.1) is 11.3 Å². The molecule has 1 aromatic carbocycles. The Bertz CT molecular complexity index is 1140. The molecular weight excluding hydrogens is 426 g/mol. The van der Waals surface area contributed by atoms with Gasteiger partial charge in [-0.2, -0.15) is 5.26 Å². The Morgan fingerprint density at radius 2 is 2.13 bits per heavy atom. The highest BCUT2D eigenvalue weighted by Crippen LogP contribution is 2.45. The number of thioether (sulfide) groups is 1. The number of ketones is 1. The first-order valence-corrected chi connectivity index (χ1v) is 12.1. The summed E-state index contributed by atoms with van der Waals surface area (Å²) >= 11 is 2.87. The minimum atomic E-state index is -0.348. The van der Waals surface area contributed by atoms with Gasteiger partial charge in [-0.1, -0.05) is 30.0 Å². The van der Waals surface area contributed by atoms with Gasteiger partial charge in [0.25, 0.3) is 0 Å². The average molecular weight is 450 g/mol. The third-order valence-electron chi connectivity index (χ3n) is 5.72. The Morgan fingerprint density at radius 1 is 1.29 bits per heavy atom. The number of nitrogens with zero attached hydrogens (tertiary/aromatic N) is 1. The number of rotatable bonds is 5. The lowest BCUT2D eigenvalue weighted by atomic mass is 9.79. The summed E-state index contributed by atoms with van der Waals surface area (Å²) < 4.78 is 0. The molecule has 4 rings (SSSR count). The summed E-state index contributed by atoms with van der Waals surface area (Å²) in [6.07, 6.45) is 2.09. The van der Waals surface area contributed by atoms with Gasteiger partial charge in [0.1, 0.15) is 0 Å². The zero-order valence-electron chi connectivity index (χ0n) is 17.5. The predicted octanol–water partition coefficient (Wildman–Crippen LogP) is 5.17. The number of aryl methyl sites for hydroxylation is 1. The van der Waals surface area contributed by atoms with Gasteiger partial charge in [-0.3, -0.25) is 9.59 Å². The molecule has 0 spiro atoms. The number of nitriles is 1. The summed E-state index contributed by atoms with van der Waals surface area (Å²) in [5, 5.41) is 18.9. The first-order valence-electron chi connectivity index (χ1n) is 10.2. The van der Waals surface area contributed by atoms with Crippen molar-refractivity contribution in [2.24, 2.45) is 0 Å². The third-order valence-corrected chi connectivity index (χ3v) is 7.67. The molecule has 1 aromatic heterocycles. The Morgan fingerprint density at radius 3 is 2.87 bits per heavy atom. The molecule has 1 aliphatic heterocycles. The summed E-state index contributed by atoms with van der Waals surface area (Å²) in [5.41, 5.74) is 5.09. The first kappa shape index (κ1) is 21.4. The number of hydrogen-bond acceptors (Lipinski definition) is 6. The van der Waals surface area contributed by atoms with Crippen molar-refractivity contribution in [3.05, 3.63) is 73.6 Å². The summed E-state index contributed by atoms with van der Waals surface area (Å²) in [5.74, 6) is -0.193. The van der Waals surface area contributed by atoms with Gasteiger partial charge in [0.15, 0.2) is 5.78 Å². The van der Waals surface area contributed by atoms with Crippen LogP contribution >= 0.6 is 23.1 Å². The quantitative estimate of drug-likeness (QED) is 0.658. The lowest BCUT2D eigenvalue weighted by Gasteiger charge is -2.32. The van der Waals surface area contributed by atoms with E-state index in [0.29, 0.717) is 17.0 Å². The second-order valence-electron chi connectivity index (χ2n) is 7.68. The van der Waals surface area contributed by atoms with Crippen LogP contribution in [0.2, 0.25) is 0 Å². The minimum Gasteiger partial charge on any atom is -0.352 e. The van der Waals surface area contributed by atoms with E-state index in [4.69, 9.17) is 0 Å². The Hall–Kier alpha value is -2.82. The van der Waals surface area contributed by atoms with Gasteiger partial charge >= 0.3 is 0 Å². The Balaban J connectivity index is 1.58. The number of hydrogen-bond donors (Lipinski definition) is 2. The molecule has 2 N–H and O–H groups in total. The number of allylic oxidation sites excluding steroid dienone is 3. The molecule has 0 radical (unpaired) electrons. The van der Waals surface area contributed by atoms with Crippen LogP contribution < -0.4 is 10.6 Å². The van der Waals surface area contributed by atoms with E-state index in [-0.39, 0.29) is 23.4 Å². The molecular formula is C24H23N3O2S2. The van der Waals surface area contributed by atoms with Gasteiger partial charge < -0.3 is 10.6 Å². The molecule has 2 aliphatic rings. The fourth-order valence-electron chi connectivity index (χ4n) is 3.99. The van der Waals surface area contributed by atoms with Gasteiger partial charge in [-0.25, -0.2) is 0 Å². The fraction of sp³-hybridized carbons (Fsp3) is 0.292. The van der Waals surface area contributed by atoms with Crippen LogP contribution in [0.15, 0.2) is 57.6 Å². The fourth-order valence-corrected chi connectivity index (χ4v) is 5.69. The maximum atomic E-state index is 12.7. The van der Waals surface area contributed by atoms with Crippen LogP contribution in [-0.2, 0) is 9.59 Å². The smallest absolute Gasteiger partial charge is 0.234 e. The molecule has 31 heavy (non-hydrogen) atoms. The molecule has 2 aromatic rings. The van der Waals surface area contributed by atoms with E-state index in [0.717, 1.165) is 45.8 Å². The minimum absolute atomic E-state index is 0.108. The molecule has 1 atom stereocenters. The Labute approximate surface area is 190 Å². The van der Waals surface area contributed by atoms with Gasteiger partial charge in [0.05, 0.1) is 28.3 Å². The van der Waals surface area contributed by atoms with Crippen LogP contribution in [0, 0.1) is 25.2 Å². The van der Waals surface area contributed by atoms with Crippen LogP contribution in [-0.4, -0.2) is 17.4 Å². The number of carbonyl (C=O) groups is 2. The predicted molar refractivity (Wildman–Crippen MR) is 126 cm³/mol. The Kier molecular flexibility index (Phi) is 6.30. The lowest BCUT2D eigenvalue weighted by Crippen LogP contribution is -2.31. The van der Waals surface area contributed by atoms with Crippen molar-refractivity contribution in [2.45, 2.75) is 39.0 Å². The van der Waals surface area contributed by atoms with Gasteiger partial charge in [-0.05, 0) is 55.3 Å². The van der Waals surface area contributed by atoms with E-state index in [1.807, 2.05) is 49.6 Å². The van der Waals surface area contributed by atoms with Gasteiger partial charge in [0, 0.05) is 28.3 Å². The maximum Gasteiger partial charge on any atom is 0.234 e. The molecule has 0 saturated carbocycles. The third kappa shape index (κ3) is 4.32. The standard InChI is InChI=1S/C24H23N3O2S2/c1-14-6-3-7-17(15(14)2)26-21(29)13-31-24-16(12-25)22(20-10-5-11-30-20)23-18(27-24)8-4-9-19(23)28/h3,5-7,10-11,22,27H,4,8-9,13H2,1-2H3,(H,26,29). The molecule has 0 fully saturated rings. The number of amides is 1. The first-order chi connectivity index (χ1) is 15.0. The van der Waals surface area contributed by atoms with Crippen LogP contribution in [0.25, 0.3) is 0 Å². The highest BCUT2D eigenvalue weighted by Gasteiger charge is 2.37. The highest BCUT2D eigenvalue weighted by atomic mass is 32.2. The second kappa shape index (κ2) is 9.13. The van der Waals surface area contributed by atoms with Crippen molar-refractivity contribution in [1.82, 2.24) is 5.32 Å². The molecule has 1 amide bonds. The number of benzene rings is 1. The normalized spacial score (nSPS) is 18.4. The van der Waals surface area contributed by atoms with E-state index in [9.17, 15) is 14.9 Å². The van der Waals surface area contributed by atoms with Crippen LogP contribution in [0.3, 0.4) is 0 Å². The highest BCUT2D eigenvalue weighted by molar-refractivity contribution is 8.03. The molecule has 0 saturated heterocycles. The van der Waals surface area contributed by atoms with E-state index < -0.39 is 0 Å². The van der Waals surface area contributed by atoms with Crippen LogP contribution in [0.1, 0.15) is 41.2 Å². The number of carbonyl (C=O) groups excluding carboxylic acids is 2. The zero-order valence-corrected chi connectivity index (χ0v) is 19.1. The topological polar surface area (TPSA) is 82.0 Å². The number of Topliss-reactive ketones (excluding diaryl/α,β-unsaturated/α-hetero) is 1. The number of nitrogens with one attached hydrogen (secondary N) is 2. The molecule has 2 heterocycles. The van der Waals surface area contributed by atoms with E-state index in [1.54, 1.807) is 11.3 Å². The SMILES string of the molecule is Cc1cccc(NC(=O)CSC2=C(C#N)C(c3cccs3)C3=C(CCCC3=O)N2)c1C. The maximum absolute atomic E-state index is 12.7. The molecule has 5 nitrogen and oxygen atoms in total. The summed E-state index contributed by atoms with van der Waals surface area (Å²) in [6.45, 7) is 3.99. The van der Waals surface area contributed by atoms with Gasteiger partial charge in [0.2, 0.25) is 5.91 Å². The van der Waals surface area contributed by atoms with Crippen molar-refractivity contribution in [3.8, 4) is 6.07 Å². The van der Waals surface area contributed by atoms with E-state index in [1.165, 1.54) is 11.8 Å². The van der Waals surface area contributed by atoms with Crippen LogP contribution in [0.4, 0.5) is 5.69 Å². The largest absolute Gasteiger partial charge is 0.352 e. The average Bonchev–Trinajstić information content (AvgIpc) is 3.29. The van der Waals surface area contributed by atoms with Crippen molar-refractivity contribution < 1.29 is 9.59 Å². The summed E-state index contributed by atoms with van der Waals surface area (Å²) in [4.78, 5) is 26.3. The van der Waals surface area contributed by atoms with Crippen molar-refractivity contribution in [3.63, 3.8) is 0 Å². The van der Waals surface area contributed by atoms with Crippen molar-refractivity contribution in [1.29, 1.82) is 5.26 Å². The molecule has 1 aliphatic carbocycles. The number of thiophene rings is 1. The zero-order chi connectivity index (χ0) is 22.0. The van der Waals surface area contributed by atoms with E-state index in [2.05, 4.69) is 16.7 Å². The van der Waals surface area contributed by atoms with Crippen LogP contribution in [0.5, 0.6) is 0 Å². The molecule has 0 bridgehead atoms. The second-order valence-corrected chi connectivity index (χ2v) is 9.65. The molecule has 7 heteroatoms. The summed E-state index contributed by atoms with van der Waals surface area (Å²) in [6, 6.07) is 12.1.